The van der Waals surface area contributed by atoms with Crippen LogP contribution in [0.1, 0.15) is 5.56 Å². The van der Waals surface area contributed by atoms with Crippen molar-refractivity contribution in [3.63, 3.8) is 0 Å². The molecule has 12 aromatic rings. The van der Waals surface area contributed by atoms with Crippen molar-refractivity contribution in [1.29, 1.82) is 0 Å². The molecule has 11 aromatic carbocycles. The standard InChI is InChI=1S/C58H38N2S/c1-3-13-37(14-4-1)38-27-30-43(31-28-38)60(51-32-29-40-17-10-23-46-45-22-9-15-39-16-11-25-48(55(39)45)57(51)56(40)46)52-36-54-50(44-21-7-8-26-53(44)61-54)35-49(52)47-24-12-18-41-33-34-59(58(41)47)42-19-5-2-6-20-42/h1-32,35-36H,33-34H2. The highest BCUT2D eigenvalue weighted by Crippen LogP contribution is 2.53. The van der Waals surface area contributed by atoms with Gasteiger partial charge in [-0.05, 0) is 109 Å². The number of hydrogen-bond acceptors (Lipinski definition) is 3. The minimum Gasteiger partial charge on any atom is -0.340 e. The summed E-state index contributed by atoms with van der Waals surface area (Å²) in [5.41, 5.74) is 12.2. The predicted molar refractivity (Wildman–Crippen MR) is 263 cm³/mol. The minimum atomic E-state index is 0.945. The first-order valence-corrected chi connectivity index (χ1v) is 22.0. The number of anilines is 5. The molecule has 0 unspecified atom stereocenters. The Labute approximate surface area is 358 Å². The predicted octanol–water partition coefficient (Wildman–Crippen LogP) is 16.6. The molecule has 1 aromatic heterocycles. The van der Waals surface area contributed by atoms with Crippen molar-refractivity contribution < 1.29 is 0 Å². The molecule has 0 N–H and O–H groups in total. The van der Waals surface area contributed by atoms with Gasteiger partial charge < -0.3 is 9.80 Å². The Hall–Kier alpha value is -7.46. The van der Waals surface area contributed by atoms with Crippen LogP contribution in [0, 0.1) is 0 Å². The van der Waals surface area contributed by atoms with Crippen molar-refractivity contribution in [2.75, 3.05) is 16.3 Å². The lowest BCUT2D eigenvalue weighted by atomic mass is 9.88. The van der Waals surface area contributed by atoms with Crippen LogP contribution in [0.15, 0.2) is 206 Å². The number of nitrogens with zero attached hydrogens (tertiary/aromatic N) is 2. The fourth-order valence-corrected chi connectivity index (χ4v) is 11.5. The molecule has 2 heterocycles. The molecule has 0 saturated carbocycles. The molecule has 2 nitrogen and oxygen atoms in total. The molecule has 61 heavy (non-hydrogen) atoms. The Morgan fingerprint density at radius 1 is 0.410 bits per heavy atom. The highest BCUT2D eigenvalue weighted by Gasteiger charge is 2.29. The van der Waals surface area contributed by atoms with Crippen molar-refractivity contribution in [2.24, 2.45) is 0 Å². The van der Waals surface area contributed by atoms with Gasteiger partial charge in [0.25, 0.3) is 0 Å². The van der Waals surface area contributed by atoms with Crippen LogP contribution in [0.25, 0.3) is 85.5 Å². The van der Waals surface area contributed by atoms with E-state index in [9.17, 15) is 0 Å². The Morgan fingerprint density at radius 2 is 1.07 bits per heavy atom. The smallest absolute Gasteiger partial charge is 0.0555 e. The van der Waals surface area contributed by atoms with Gasteiger partial charge in [0.15, 0.2) is 0 Å². The van der Waals surface area contributed by atoms with Crippen LogP contribution in [-0.2, 0) is 6.42 Å². The number of benzene rings is 11. The van der Waals surface area contributed by atoms with E-state index in [4.69, 9.17) is 0 Å². The summed E-state index contributed by atoms with van der Waals surface area (Å²) in [6, 6.07) is 76.9. The topological polar surface area (TPSA) is 6.48 Å². The first-order chi connectivity index (χ1) is 30.3. The molecule has 0 atom stereocenters. The van der Waals surface area contributed by atoms with E-state index in [0.29, 0.717) is 0 Å². The van der Waals surface area contributed by atoms with Gasteiger partial charge in [-0.25, -0.2) is 0 Å². The number of hydrogen-bond donors (Lipinski definition) is 0. The van der Waals surface area contributed by atoms with E-state index in [1.54, 1.807) is 0 Å². The summed E-state index contributed by atoms with van der Waals surface area (Å²) in [6.45, 7) is 0.945. The van der Waals surface area contributed by atoms with Crippen LogP contribution in [0.5, 0.6) is 0 Å². The molecule has 0 bridgehead atoms. The van der Waals surface area contributed by atoms with Gasteiger partial charge in [-0.3, -0.25) is 0 Å². The molecule has 0 saturated heterocycles. The lowest BCUT2D eigenvalue weighted by molar-refractivity contribution is 0.999. The van der Waals surface area contributed by atoms with E-state index in [-0.39, 0.29) is 0 Å². The van der Waals surface area contributed by atoms with Crippen molar-refractivity contribution in [3.05, 3.63) is 212 Å². The quantitative estimate of drug-likeness (QED) is 0.122. The van der Waals surface area contributed by atoms with Gasteiger partial charge in [0.2, 0.25) is 0 Å². The van der Waals surface area contributed by atoms with Crippen LogP contribution < -0.4 is 9.80 Å². The molecule has 0 fully saturated rings. The molecule has 0 radical (unpaired) electrons. The summed E-state index contributed by atoms with van der Waals surface area (Å²) >= 11 is 1.89. The zero-order valence-corrected chi connectivity index (χ0v) is 34.2. The van der Waals surface area contributed by atoms with Gasteiger partial charge in [-0.15, -0.1) is 11.3 Å². The molecule has 1 aliphatic rings. The summed E-state index contributed by atoms with van der Waals surface area (Å²) in [4.78, 5) is 5.11. The first-order valence-electron chi connectivity index (χ1n) is 21.2. The van der Waals surface area contributed by atoms with Crippen molar-refractivity contribution >= 4 is 103 Å². The molecule has 0 spiro atoms. The third-order valence-electron chi connectivity index (χ3n) is 13.0. The fourth-order valence-electron chi connectivity index (χ4n) is 10.4. The number of para-hydroxylation sites is 2. The lowest BCUT2D eigenvalue weighted by Crippen LogP contribution is -2.15. The van der Waals surface area contributed by atoms with Gasteiger partial charge >= 0.3 is 0 Å². The van der Waals surface area contributed by atoms with Gasteiger partial charge in [0, 0.05) is 54.6 Å². The summed E-state index contributed by atoms with van der Waals surface area (Å²) < 4.78 is 2.58. The average molecular weight is 795 g/mol. The normalized spacial score (nSPS) is 12.8. The van der Waals surface area contributed by atoms with Crippen molar-refractivity contribution in [1.82, 2.24) is 0 Å². The summed E-state index contributed by atoms with van der Waals surface area (Å²) in [5, 5.41) is 12.9. The maximum atomic E-state index is 2.58. The van der Waals surface area contributed by atoms with E-state index >= 15 is 0 Å². The maximum absolute atomic E-state index is 2.58. The summed E-state index contributed by atoms with van der Waals surface area (Å²) in [5.74, 6) is 0. The fraction of sp³-hybridized carbons (Fsp3) is 0.0345. The van der Waals surface area contributed by atoms with E-state index in [2.05, 4.69) is 216 Å². The van der Waals surface area contributed by atoms with Crippen LogP contribution in [0.3, 0.4) is 0 Å². The highest BCUT2D eigenvalue weighted by atomic mass is 32.1. The van der Waals surface area contributed by atoms with E-state index in [1.165, 1.54) is 114 Å². The average Bonchev–Trinajstić information content (AvgIpc) is 3.93. The Kier molecular flexibility index (Phi) is 7.64. The van der Waals surface area contributed by atoms with Crippen LogP contribution in [0.4, 0.5) is 28.4 Å². The number of rotatable bonds is 6. The van der Waals surface area contributed by atoms with E-state index < -0.39 is 0 Å². The first kappa shape index (κ1) is 34.4. The van der Waals surface area contributed by atoms with Crippen LogP contribution in [0.2, 0.25) is 0 Å². The molecular weight excluding hydrogens is 757 g/mol. The van der Waals surface area contributed by atoms with Crippen molar-refractivity contribution in [2.45, 2.75) is 6.42 Å². The molecule has 13 rings (SSSR count). The zero-order valence-electron chi connectivity index (χ0n) is 33.3. The third kappa shape index (κ3) is 5.27. The second kappa shape index (κ2) is 13.5. The summed E-state index contributed by atoms with van der Waals surface area (Å²) in [7, 11) is 0. The molecular formula is C58H38N2S. The second-order valence-corrected chi connectivity index (χ2v) is 17.4. The van der Waals surface area contributed by atoms with E-state index in [1.807, 2.05) is 11.3 Å². The van der Waals surface area contributed by atoms with Gasteiger partial charge in [0.05, 0.1) is 17.1 Å². The number of fused-ring (bicyclic) bond motifs is 6. The molecule has 1 aliphatic heterocycles. The number of thiophene rings is 1. The largest absolute Gasteiger partial charge is 0.340 e. The summed E-state index contributed by atoms with van der Waals surface area (Å²) in [6.07, 6.45) is 1.00. The maximum Gasteiger partial charge on any atom is 0.0555 e. The van der Waals surface area contributed by atoms with Crippen LogP contribution in [-0.4, -0.2) is 6.54 Å². The molecule has 3 heteroatoms. The minimum absolute atomic E-state index is 0.945. The van der Waals surface area contributed by atoms with Gasteiger partial charge in [-0.2, -0.15) is 0 Å². The Bertz CT molecular complexity index is 3640. The molecule has 0 aliphatic carbocycles. The van der Waals surface area contributed by atoms with E-state index in [0.717, 1.165) is 18.7 Å². The second-order valence-electron chi connectivity index (χ2n) is 16.3. The molecule has 0 amide bonds. The monoisotopic (exact) mass is 794 g/mol. The Balaban J connectivity index is 1.17. The Morgan fingerprint density at radius 3 is 1.87 bits per heavy atom. The van der Waals surface area contributed by atoms with Gasteiger partial charge in [0.1, 0.15) is 0 Å². The van der Waals surface area contributed by atoms with Crippen LogP contribution >= 0.6 is 11.3 Å². The lowest BCUT2D eigenvalue weighted by Gasteiger charge is -2.31. The third-order valence-corrected chi connectivity index (χ3v) is 14.2. The van der Waals surface area contributed by atoms with Crippen molar-refractivity contribution in [3.8, 4) is 22.3 Å². The van der Waals surface area contributed by atoms with Gasteiger partial charge in [-0.1, -0.05) is 158 Å². The SMILES string of the molecule is c1ccc(-c2ccc(N(c3cc4sc5ccccc5c4cc3-c3cccc4c3N(c3ccccc3)CC4)c3ccc4cccc5c6cccc7cccc(c3c45)c76)cc2)cc1. The zero-order chi connectivity index (χ0) is 40.0. The molecule has 286 valence electrons. The highest BCUT2D eigenvalue weighted by molar-refractivity contribution is 7.25.